The van der Waals surface area contributed by atoms with Crippen LogP contribution in [0.5, 0.6) is 0 Å². The second-order valence-electron chi connectivity index (χ2n) is 11.2. The van der Waals surface area contributed by atoms with Crippen molar-refractivity contribution in [3.63, 3.8) is 0 Å². The lowest BCUT2D eigenvalue weighted by atomic mass is 10.1. The van der Waals surface area contributed by atoms with Crippen molar-refractivity contribution in [1.82, 2.24) is 20.2 Å². The Bertz CT molecular complexity index is 1390. The first kappa shape index (κ1) is 35.6. The average molecular weight is 634 g/mol. The molecule has 0 saturated carbocycles. The van der Waals surface area contributed by atoms with Gasteiger partial charge in [0.1, 0.15) is 23.0 Å². The number of ether oxygens (including phenoxy) is 5. The maximum Gasteiger partial charge on any atom is 0.407 e. The molecule has 1 unspecified atom stereocenters. The number of aryl methyl sites for hydroxylation is 1. The number of imide groups is 1. The lowest BCUT2D eigenvalue weighted by Gasteiger charge is -2.24. The van der Waals surface area contributed by atoms with E-state index in [1.54, 1.807) is 45.9 Å². The van der Waals surface area contributed by atoms with Crippen LogP contribution in [0, 0.1) is 6.92 Å². The summed E-state index contributed by atoms with van der Waals surface area (Å²) in [6, 6.07) is 4.03. The fraction of sp³-hybridized carbons (Fsp3) is 0.600. The van der Waals surface area contributed by atoms with Crippen LogP contribution in [0.2, 0.25) is 0 Å². The fourth-order valence-electron chi connectivity index (χ4n) is 4.40. The number of nitrogens with one attached hydrogen (secondary N) is 3. The van der Waals surface area contributed by atoms with Gasteiger partial charge in [-0.2, -0.15) is 0 Å². The fourth-order valence-corrected chi connectivity index (χ4v) is 4.40. The van der Waals surface area contributed by atoms with Gasteiger partial charge in [-0.3, -0.25) is 29.1 Å². The Kier molecular flexibility index (Phi) is 13.9. The van der Waals surface area contributed by atoms with Gasteiger partial charge in [-0.1, -0.05) is 6.07 Å². The largest absolute Gasteiger partial charge is 0.444 e. The molecule has 1 aliphatic rings. The van der Waals surface area contributed by atoms with Gasteiger partial charge in [0, 0.05) is 13.0 Å². The lowest BCUT2D eigenvalue weighted by molar-refractivity contribution is -0.135. The summed E-state index contributed by atoms with van der Waals surface area (Å²) in [5.74, 6) is -0.917. The standard InChI is InChI=1S/C30H43N5O10/c1-20-32-26-21(28(39)35(20)23-8-9-24(36)34-27(23)38)6-5-7-22(26)33-25(37)10-12-41-14-16-43-18-19-44-17-15-42-13-11-31-29(40)45-30(2,3)4/h5-7,23H,8-19H2,1-4H3,(H,31,40)(H,33,37)(H,34,36,38). The normalized spacial score (nSPS) is 15.2. The molecule has 0 radical (unpaired) electrons. The quantitative estimate of drug-likeness (QED) is 0.170. The molecule has 0 spiro atoms. The second kappa shape index (κ2) is 17.5. The highest BCUT2D eigenvalue weighted by Gasteiger charge is 2.30. The Morgan fingerprint density at radius 2 is 1.58 bits per heavy atom. The van der Waals surface area contributed by atoms with Crippen molar-refractivity contribution < 1.29 is 42.9 Å². The number of fused-ring (bicyclic) bond motifs is 1. The van der Waals surface area contributed by atoms with Crippen LogP contribution in [0.3, 0.4) is 0 Å². The highest BCUT2D eigenvalue weighted by Crippen LogP contribution is 2.23. The predicted molar refractivity (Wildman–Crippen MR) is 163 cm³/mol. The monoisotopic (exact) mass is 633 g/mol. The minimum absolute atomic E-state index is 0.0825. The smallest absolute Gasteiger partial charge is 0.407 e. The molecule has 1 aromatic heterocycles. The number of nitrogens with zero attached hydrogens (tertiary/aromatic N) is 2. The summed E-state index contributed by atoms with van der Waals surface area (Å²) in [4.78, 5) is 65.7. The molecule has 15 nitrogen and oxygen atoms in total. The third-order valence-electron chi connectivity index (χ3n) is 6.41. The molecule has 2 heterocycles. The minimum atomic E-state index is -0.828. The van der Waals surface area contributed by atoms with E-state index in [1.807, 2.05) is 0 Å². The number of aromatic nitrogens is 2. The Morgan fingerprint density at radius 3 is 2.20 bits per heavy atom. The molecule has 0 bridgehead atoms. The van der Waals surface area contributed by atoms with Crippen molar-refractivity contribution in [3.05, 3.63) is 34.4 Å². The van der Waals surface area contributed by atoms with Crippen molar-refractivity contribution in [2.24, 2.45) is 0 Å². The van der Waals surface area contributed by atoms with E-state index in [0.717, 1.165) is 0 Å². The molecule has 1 aliphatic heterocycles. The van der Waals surface area contributed by atoms with E-state index < -0.39 is 29.2 Å². The van der Waals surface area contributed by atoms with Gasteiger partial charge in [-0.15, -0.1) is 0 Å². The number of rotatable bonds is 17. The first-order valence-corrected chi connectivity index (χ1v) is 14.9. The number of carbonyl (C=O) groups excluding carboxylic acids is 4. The van der Waals surface area contributed by atoms with Crippen molar-refractivity contribution in [2.75, 3.05) is 64.7 Å². The number of para-hydroxylation sites is 1. The van der Waals surface area contributed by atoms with Crippen molar-refractivity contribution in [2.45, 2.75) is 58.6 Å². The number of carbonyl (C=O) groups is 4. The van der Waals surface area contributed by atoms with Crippen molar-refractivity contribution in [3.8, 4) is 0 Å². The summed E-state index contributed by atoms with van der Waals surface area (Å²) in [5, 5.41) is 7.90. The number of alkyl carbamates (subject to hydrolysis) is 1. The molecule has 15 heteroatoms. The van der Waals surface area contributed by atoms with Crippen LogP contribution in [0.4, 0.5) is 10.5 Å². The summed E-state index contributed by atoms with van der Waals surface area (Å²) in [6.45, 7) is 10.0. The third kappa shape index (κ3) is 11.8. The Balaban J connectivity index is 1.27. The molecule has 1 fully saturated rings. The van der Waals surface area contributed by atoms with Crippen molar-refractivity contribution in [1.29, 1.82) is 0 Å². The van der Waals surface area contributed by atoms with Gasteiger partial charge >= 0.3 is 6.09 Å². The van der Waals surface area contributed by atoms with Crippen LogP contribution in [-0.4, -0.2) is 98.4 Å². The van der Waals surface area contributed by atoms with E-state index in [-0.39, 0.29) is 43.1 Å². The first-order valence-electron chi connectivity index (χ1n) is 14.9. The number of anilines is 1. The van der Waals surface area contributed by atoms with E-state index in [0.29, 0.717) is 69.8 Å². The van der Waals surface area contributed by atoms with Gasteiger partial charge in [0.2, 0.25) is 17.7 Å². The molecule has 1 atom stereocenters. The number of piperidine rings is 1. The molecular formula is C30H43N5O10. The first-order chi connectivity index (χ1) is 21.5. The second-order valence-corrected chi connectivity index (χ2v) is 11.2. The van der Waals surface area contributed by atoms with Crippen LogP contribution in [0.25, 0.3) is 10.9 Å². The SMILES string of the molecule is Cc1nc2c(NC(=O)CCOCCOCCOCCOCCNC(=O)OC(C)(C)C)cccc2c(=O)n1C1CCC(=O)NC1=O. The van der Waals surface area contributed by atoms with Crippen LogP contribution >= 0.6 is 0 Å². The molecule has 248 valence electrons. The van der Waals surface area contributed by atoms with Gasteiger partial charge in [-0.25, -0.2) is 9.78 Å². The molecule has 0 aliphatic carbocycles. The van der Waals surface area contributed by atoms with Gasteiger partial charge in [0.25, 0.3) is 5.56 Å². The van der Waals surface area contributed by atoms with Crippen LogP contribution in [0.1, 0.15) is 51.9 Å². The van der Waals surface area contributed by atoms with E-state index in [1.165, 1.54) is 4.57 Å². The Hall–Kier alpha value is -3.92. The molecule has 3 N–H and O–H groups in total. The zero-order chi connectivity index (χ0) is 32.8. The van der Waals surface area contributed by atoms with Gasteiger partial charge in [-0.05, 0) is 46.2 Å². The molecule has 1 saturated heterocycles. The Morgan fingerprint density at radius 1 is 0.956 bits per heavy atom. The summed E-state index contributed by atoms with van der Waals surface area (Å²) >= 11 is 0. The predicted octanol–water partition coefficient (Wildman–Crippen LogP) is 1.60. The van der Waals surface area contributed by atoms with E-state index in [2.05, 4.69) is 20.9 Å². The highest BCUT2D eigenvalue weighted by atomic mass is 16.6. The summed E-state index contributed by atoms with van der Waals surface area (Å²) in [6.07, 6.45) is -0.0550. The molecular weight excluding hydrogens is 590 g/mol. The van der Waals surface area contributed by atoms with Gasteiger partial charge in [0.05, 0.1) is 70.3 Å². The summed E-state index contributed by atoms with van der Waals surface area (Å²) < 4.78 is 28.2. The average Bonchev–Trinajstić information content (AvgIpc) is 2.95. The maximum atomic E-state index is 13.3. The number of benzene rings is 1. The minimum Gasteiger partial charge on any atom is -0.444 e. The van der Waals surface area contributed by atoms with E-state index in [4.69, 9.17) is 23.7 Å². The molecule has 4 amide bonds. The highest BCUT2D eigenvalue weighted by molar-refractivity contribution is 6.01. The molecule has 45 heavy (non-hydrogen) atoms. The zero-order valence-corrected chi connectivity index (χ0v) is 26.3. The zero-order valence-electron chi connectivity index (χ0n) is 26.3. The topological polar surface area (TPSA) is 185 Å². The summed E-state index contributed by atoms with van der Waals surface area (Å²) in [7, 11) is 0. The molecule has 3 rings (SSSR count). The maximum absolute atomic E-state index is 13.3. The molecule has 1 aromatic carbocycles. The van der Waals surface area contributed by atoms with Crippen LogP contribution in [-0.2, 0) is 38.1 Å². The third-order valence-corrected chi connectivity index (χ3v) is 6.41. The number of hydrogen-bond acceptors (Lipinski definition) is 11. The van der Waals surface area contributed by atoms with Crippen LogP contribution in [0.15, 0.2) is 23.0 Å². The summed E-state index contributed by atoms with van der Waals surface area (Å²) in [5.41, 5.74) is -0.272. The Labute approximate surface area is 261 Å². The van der Waals surface area contributed by atoms with Crippen molar-refractivity contribution >= 4 is 40.4 Å². The molecule has 2 aromatic rings. The van der Waals surface area contributed by atoms with Crippen LogP contribution < -0.4 is 21.5 Å². The number of amides is 4. The van der Waals surface area contributed by atoms with Gasteiger partial charge < -0.3 is 34.3 Å². The van der Waals surface area contributed by atoms with Gasteiger partial charge in [0.15, 0.2) is 0 Å². The van der Waals surface area contributed by atoms with E-state index >= 15 is 0 Å². The lowest BCUT2D eigenvalue weighted by Crippen LogP contribution is -2.45. The number of hydrogen-bond donors (Lipinski definition) is 3. The van der Waals surface area contributed by atoms with E-state index in [9.17, 15) is 24.0 Å².